The Morgan fingerprint density at radius 2 is 2.07 bits per heavy atom. The van der Waals surface area contributed by atoms with Gasteiger partial charge >= 0.3 is 12.1 Å². The Kier molecular flexibility index (Phi) is 6.21. The van der Waals surface area contributed by atoms with Gasteiger partial charge in [0.1, 0.15) is 12.2 Å². The predicted octanol–water partition coefficient (Wildman–Crippen LogP) is 3.34. The maximum absolute atomic E-state index is 13.3. The van der Waals surface area contributed by atoms with E-state index < -0.39 is 29.3 Å². The normalized spacial score (nSPS) is 12.6. The van der Waals surface area contributed by atoms with E-state index in [2.05, 4.69) is 10.4 Å². The van der Waals surface area contributed by atoms with Crippen molar-refractivity contribution in [2.75, 3.05) is 11.9 Å². The Labute approximate surface area is 152 Å². The van der Waals surface area contributed by atoms with Crippen LogP contribution in [-0.4, -0.2) is 39.5 Å². The summed E-state index contributed by atoms with van der Waals surface area (Å²) in [5.74, 6) is -2.20. The van der Waals surface area contributed by atoms with E-state index in [0.717, 1.165) is 6.42 Å². The number of alkyl halides is 3. The molecule has 2 N–H and O–H groups in total. The second-order valence-corrected chi connectivity index (χ2v) is 5.75. The van der Waals surface area contributed by atoms with E-state index in [-0.39, 0.29) is 24.1 Å². The molecule has 27 heavy (non-hydrogen) atoms. The lowest BCUT2D eigenvalue weighted by Crippen LogP contribution is -2.21. The van der Waals surface area contributed by atoms with Gasteiger partial charge in [-0.1, -0.05) is 13.0 Å². The number of rotatable bonds is 7. The first-order chi connectivity index (χ1) is 12.6. The average Bonchev–Trinajstić information content (AvgIpc) is 3.05. The highest BCUT2D eigenvalue weighted by Crippen LogP contribution is 2.34. The summed E-state index contributed by atoms with van der Waals surface area (Å²) < 4.78 is 45.7. The number of halogens is 3. The molecule has 146 valence electrons. The van der Waals surface area contributed by atoms with Gasteiger partial charge in [0.05, 0.1) is 18.0 Å². The number of nitrogens with one attached hydrogen (secondary N) is 1. The van der Waals surface area contributed by atoms with E-state index >= 15 is 0 Å². The Morgan fingerprint density at radius 1 is 1.37 bits per heavy atom. The first-order valence-corrected chi connectivity index (χ1v) is 8.03. The third-order valence-corrected chi connectivity index (χ3v) is 3.72. The highest BCUT2D eigenvalue weighted by Gasteiger charge is 2.40. The molecule has 2 rings (SSSR count). The predicted molar refractivity (Wildman–Crippen MR) is 89.9 cm³/mol. The smallest absolute Gasteiger partial charge is 0.434 e. The van der Waals surface area contributed by atoms with Gasteiger partial charge in [-0.05, 0) is 31.5 Å². The van der Waals surface area contributed by atoms with E-state index in [9.17, 15) is 22.8 Å². The van der Waals surface area contributed by atoms with Crippen molar-refractivity contribution in [3.63, 3.8) is 0 Å². The molecule has 0 aliphatic carbocycles. The Balaban J connectivity index is 2.28. The number of aromatic carboxylic acids is 1. The zero-order valence-electron chi connectivity index (χ0n) is 14.6. The van der Waals surface area contributed by atoms with Gasteiger partial charge < -0.3 is 15.2 Å². The van der Waals surface area contributed by atoms with Crippen molar-refractivity contribution in [3.8, 4) is 5.69 Å². The summed E-state index contributed by atoms with van der Waals surface area (Å²) in [5.41, 5.74) is -2.18. The quantitative estimate of drug-likeness (QED) is 0.763. The lowest BCUT2D eigenvalue weighted by atomic mass is 10.2. The molecule has 0 radical (unpaired) electrons. The highest BCUT2D eigenvalue weighted by atomic mass is 19.4. The lowest BCUT2D eigenvalue weighted by molar-refractivity contribution is -0.143. The Bertz CT molecular complexity index is 833. The minimum absolute atomic E-state index is 0.0459. The molecule has 0 fully saturated rings. The number of hydrogen-bond donors (Lipinski definition) is 2. The number of carboxylic acids is 1. The van der Waals surface area contributed by atoms with Crippen LogP contribution in [0.3, 0.4) is 0 Å². The second-order valence-electron chi connectivity index (χ2n) is 5.75. The third-order valence-electron chi connectivity index (χ3n) is 3.72. The van der Waals surface area contributed by atoms with E-state index in [1.54, 1.807) is 0 Å². The van der Waals surface area contributed by atoms with Crippen LogP contribution in [0.25, 0.3) is 5.69 Å². The van der Waals surface area contributed by atoms with Crippen LogP contribution in [0.2, 0.25) is 0 Å². The molecule has 1 aromatic heterocycles. The average molecular weight is 385 g/mol. The molecule has 0 saturated carbocycles. The first kappa shape index (κ1) is 20.4. The minimum atomic E-state index is -4.92. The number of amides is 1. The maximum Gasteiger partial charge on any atom is 0.434 e. The number of carbonyl (C=O) groups excluding carboxylic acids is 1. The second kappa shape index (κ2) is 8.21. The van der Waals surface area contributed by atoms with Crippen molar-refractivity contribution in [1.29, 1.82) is 0 Å². The largest absolute Gasteiger partial charge is 0.478 e. The summed E-state index contributed by atoms with van der Waals surface area (Å²) in [6, 6.07) is 5.48. The molecule has 0 aliphatic rings. The molecule has 0 spiro atoms. The molecule has 0 bridgehead atoms. The van der Waals surface area contributed by atoms with Crippen molar-refractivity contribution >= 4 is 17.6 Å². The number of anilines is 1. The fourth-order valence-electron chi connectivity index (χ4n) is 2.22. The van der Waals surface area contributed by atoms with Crippen molar-refractivity contribution in [1.82, 2.24) is 9.78 Å². The number of benzene rings is 1. The molecule has 10 heteroatoms. The number of ether oxygens (including phenoxy) is 1. The van der Waals surface area contributed by atoms with Crippen molar-refractivity contribution in [2.24, 2.45) is 0 Å². The van der Waals surface area contributed by atoms with E-state index in [1.165, 1.54) is 24.3 Å². The van der Waals surface area contributed by atoms with E-state index in [4.69, 9.17) is 9.84 Å². The molecule has 0 aliphatic heterocycles. The van der Waals surface area contributed by atoms with Gasteiger partial charge in [0.2, 0.25) is 5.91 Å². The summed E-state index contributed by atoms with van der Waals surface area (Å²) >= 11 is 0. The molecule has 1 unspecified atom stereocenters. The van der Waals surface area contributed by atoms with Crippen LogP contribution in [0, 0.1) is 0 Å². The summed E-state index contributed by atoms with van der Waals surface area (Å²) in [6.07, 6.45) is -3.66. The summed E-state index contributed by atoms with van der Waals surface area (Å²) in [4.78, 5) is 22.9. The highest BCUT2D eigenvalue weighted by molar-refractivity contribution is 5.92. The van der Waals surface area contributed by atoms with Crippen LogP contribution in [0.15, 0.2) is 30.5 Å². The van der Waals surface area contributed by atoms with Gasteiger partial charge in [-0.25, -0.2) is 9.48 Å². The van der Waals surface area contributed by atoms with Crippen LogP contribution in [0.1, 0.15) is 36.3 Å². The standard InChI is InChI=1S/C17H18F3N3O4/c1-3-10(2)27-9-14(24)22-11-5-4-6-12(7-11)23-15(17(18,19)20)13(8-21-23)16(25)26/h4-8,10H,3,9H2,1-2H3,(H,22,24)(H,25,26). The van der Waals surface area contributed by atoms with Crippen LogP contribution in [0.4, 0.5) is 18.9 Å². The lowest BCUT2D eigenvalue weighted by Gasteiger charge is -2.13. The van der Waals surface area contributed by atoms with Gasteiger partial charge in [0, 0.05) is 5.69 Å². The van der Waals surface area contributed by atoms with Crippen molar-refractivity contribution in [3.05, 3.63) is 41.7 Å². The Hall–Kier alpha value is -2.88. The van der Waals surface area contributed by atoms with Gasteiger partial charge in [0.25, 0.3) is 0 Å². The van der Waals surface area contributed by atoms with Gasteiger partial charge in [-0.2, -0.15) is 18.3 Å². The summed E-state index contributed by atoms with van der Waals surface area (Å²) in [5, 5.41) is 15.0. The molecule has 0 saturated heterocycles. The zero-order valence-corrected chi connectivity index (χ0v) is 14.6. The monoisotopic (exact) mass is 385 g/mol. The molecule has 2 aromatic rings. The third kappa shape index (κ3) is 5.07. The van der Waals surface area contributed by atoms with Gasteiger partial charge in [-0.15, -0.1) is 0 Å². The Morgan fingerprint density at radius 3 is 2.67 bits per heavy atom. The molecular formula is C17H18F3N3O4. The number of nitrogens with zero attached hydrogens (tertiary/aromatic N) is 2. The van der Waals surface area contributed by atoms with Crippen LogP contribution in [0.5, 0.6) is 0 Å². The minimum Gasteiger partial charge on any atom is -0.478 e. The number of aromatic nitrogens is 2. The topological polar surface area (TPSA) is 93.5 Å². The number of hydrogen-bond acceptors (Lipinski definition) is 4. The fourth-order valence-corrected chi connectivity index (χ4v) is 2.22. The molecule has 1 atom stereocenters. The van der Waals surface area contributed by atoms with Gasteiger partial charge in [-0.3, -0.25) is 4.79 Å². The zero-order chi connectivity index (χ0) is 20.2. The van der Waals surface area contributed by atoms with Crippen molar-refractivity contribution < 1.29 is 32.6 Å². The molecule has 7 nitrogen and oxygen atoms in total. The maximum atomic E-state index is 13.3. The summed E-state index contributed by atoms with van der Waals surface area (Å²) in [6.45, 7) is 3.52. The fraction of sp³-hybridized carbons (Fsp3) is 0.353. The van der Waals surface area contributed by atoms with Crippen LogP contribution >= 0.6 is 0 Å². The molecular weight excluding hydrogens is 367 g/mol. The molecule has 1 heterocycles. The number of carboxylic acid groups (broad SMARTS) is 1. The molecule has 1 amide bonds. The molecule has 1 aromatic carbocycles. The number of carbonyl (C=O) groups is 2. The van der Waals surface area contributed by atoms with Crippen LogP contribution < -0.4 is 5.32 Å². The van der Waals surface area contributed by atoms with E-state index in [1.807, 2.05) is 13.8 Å². The van der Waals surface area contributed by atoms with Crippen LogP contribution in [-0.2, 0) is 15.7 Å². The van der Waals surface area contributed by atoms with E-state index in [0.29, 0.717) is 10.9 Å². The summed E-state index contributed by atoms with van der Waals surface area (Å²) in [7, 11) is 0. The van der Waals surface area contributed by atoms with Crippen molar-refractivity contribution in [2.45, 2.75) is 32.5 Å². The first-order valence-electron chi connectivity index (χ1n) is 8.03. The van der Waals surface area contributed by atoms with Gasteiger partial charge in [0.15, 0.2) is 5.69 Å². The SMILES string of the molecule is CCC(C)OCC(=O)Nc1cccc(-n2ncc(C(=O)O)c2C(F)(F)F)c1.